The summed E-state index contributed by atoms with van der Waals surface area (Å²) in [6.07, 6.45) is 0.329. The van der Waals surface area contributed by atoms with Crippen molar-refractivity contribution in [3.05, 3.63) is 35.4 Å². The van der Waals surface area contributed by atoms with E-state index in [1.807, 2.05) is 6.07 Å². The van der Waals surface area contributed by atoms with Gasteiger partial charge in [-0.3, -0.25) is 4.79 Å². The summed E-state index contributed by atoms with van der Waals surface area (Å²) in [6.45, 7) is 0. The molecule has 0 bridgehead atoms. The van der Waals surface area contributed by atoms with E-state index in [0.717, 1.165) is 5.56 Å². The van der Waals surface area contributed by atoms with Crippen LogP contribution in [-0.2, 0) is 11.2 Å². The van der Waals surface area contributed by atoms with E-state index in [0.29, 0.717) is 12.0 Å². The van der Waals surface area contributed by atoms with E-state index in [1.54, 1.807) is 18.2 Å². The molecule has 1 rings (SSSR count). The van der Waals surface area contributed by atoms with E-state index in [9.17, 15) is 4.79 Å². The minimum atomic E-state index is -0.920. The molecule has 0 saturated carbocycles. The van der Waals surface area contributed by atoms with E-state index in [4.69, 9.17) is 16.1 Å². The molecule has 0 aromatic heterocycles. The maximum atomic E-state index is 10.4. The summed E-state index contributed by atoms with van der Waals surface area (Å²) in [6, 6.07) is 8.67. The Hall–Kier alpha value is -1.57. The molecule has 5 heteroatoms. The third-order valence-corrected chi connectivity index (χ3v) is 2.06. The summed E-state index contributed by atoms with van der Waals surface area (Å²) in [5.41, 5.74) is 6.99. The molecule has 1 unspecified atom stereocenters. The standard InChI is InChI=1S/C11H12N2O2.ClH/c12-7-9-4-2-1-3-8(9)5-10(13)6-11(14)15;/h1-4,10H,5-6,13H2,(H,14,15);1H. The molecule has 0 aliphatic carbocycles. The molecule has 1 atom stereocenters. The summed E-state index contributed by atoms with van der Waals surface area (Å²) < 4.78 is 0. The van der Waals surface area contributed by atoms with Gasteiger partial charge in [0.2, 0.25) is 0 Å². The van der Waals surface area contributed by atoms with E-state index in [-0.39, 0.29) is 18.8 Å². The number of carboxylic acids is 1. The van der Waals surface area contributed by atoms with Crippen LogP contribution in [0.1, 0.15) is 17.5 Å². The number of hydrogen-bond donors (Lipinski definition) is 2. The van der Waals surface area contributed by atoms with E-state index in [2.05, 4.69) is 6.07 Å². The van der Waals surface area contributed by atoms with Crippen molar-refractivity contribution < 1.29 is 9.90 Å². The molecule has 3 N–H and O–H groups in total. The maximum Gasteiger partial charge on any atom is 0.304 e. The maximum absolute atomic E-state index is 10.4. The molecule has 1 aromatic carbocycles. The number of halogens is 1. The normalized spacial score (nSPS) is 11.0. The molecule has 0 amide bonds. The average Bonchev–Trinajstić information content (AvgIpc) is 2.17. The number of hydrogen-bond acceptors (Lipinski definition) is 3. The van der Waals surface area contributed by atoms with Crippen LogP contribution in [0, 0.1) is 11.3 Å². The average molecular weight is 241 g/mol. The van der Waals surface area contributed by atoms with Gasteiger partial charge in [-0.25, -0.2) is 0 Å². The highest BCUT2D eigenvalue weighted by molar-refractivity contribution is 5.85. The van der Waals surface area contributed by atoms with Gasteiger partial charge in [-0.1, -0.05) is 18.2 Å². The van der Waals surface area contributed by atoms with Crippen LogP contribution in [0.15, 0.2) is 24.3 Å². The molecule has 4 nitrogen and oxygen atoms in total. The lowest BCUT2D eigenvalue weighted by molar-refractivity contribution is -0.137. The molecule has 0 radical (unpaired) electrons. The Morgan fingerprint density at radius 2 is 2.12 bits per heavy atom. The highest BCUT2D eigenvalue weighted by Crippen LogP contribution is 2.10. The Kier molecular flexibility index (Phi) is 6.16. The number of aliphatic carboxylic acids is 1. The lowest BCUT2D eigenvalue weighted by atomic mass is 10.00. The largest absolute Gasteiger partial charge is 0.481 e. The molecule has 0 heterocycles. The van der Waals surface area contributed by atoms with Gasteiger partial charge in [0.15, 0.2) is 0 Å². The fourth-order valence-electron chi connectivity index (χ4n) is 1.39. The first-order valence-electron chi connectivity index (χ1n) is 4.59. The van der Waals surface area contributed by atoms with Crippen molar-refractivity contribution in [2.24, 2.45) is 5.73 Å². The lowest BCUT2D eigenvalue weighted by Gasteiger charge is -2.09. The molecule has 0 fully saturated rings. The highest BCUT2D eigenvalue weighted by atomic mass is 35.5. The number of nitriles is 1. The Morgan fingerprint density at radius 3 is 2.69 bits per heavy atom. The second-order valence-corrected chi connectivity index (χ2v) is 3.33. The zero-order valence-corrected chi connectivity index (χ0v) is 9.41. The third-order valence-electron chi connectivity index (χ3n) is 2.06. The van der Waals surface area contributed by atoms with Crippen molar-refractivity contribution in [3.8, 4) is 6.07 Å². The van der Waals surface area contributed by atoms with Crippen LogP contribution in [0.3, 0.4) is 0 Å². The number of nitrogens with zero attached hydrogens (tertiary/aromatic N) is 1. The fraction of sp³-hybridized carbons (Fsp3) is 0.273. The van der Waals surface area contributed by atoms with Crippen molar-refractivity contribution in [2.75, 3.05) is 0 Å². The molecule has 16 heavy (non-hydrogen) atoms. The predicted octanol–water partition coefficient (Wildman–Crippen LogP) is 1.32. The van der Waals surface area contributed by atoms with Crippen LogP contribution in [0.2, 0.25) is 0 Å². The molecule has 1 aromatic rings. The minimum absolute atomic E-state index is 0. The smallest absolute Gasteiger partial charge is 0.304 e. The zero-order chi connectivity index (χ0) is 11.3. The van der Waals surface area contributed by atoms with Crippen molar-refractivity contribution in [3.63, 3.8) is 0 Å². The molecule has 0 aliphatic rings. The predicted molar refractivity (Wildman–Crippen MR) is 62.3 cm³/mol. The summed E-state index contributed by atoms with van der Waals surface area (Å²) in [5, 5.41) is 17.3. The van der Waals surface area contributed by atoms with Crippen LogP contribution >= 0.6 is 12.4 Å². The zero-order valence-electron chi connectivity index (χ0n) is 8.59. The Morgan fingerprint density at radius 1 is 1.50 bits per heavy atom. The summed E-state index contributed by atoms with van der Waals surface area (Å²) >= 11 is 0. The first-order valence-corrected chi connectivity index (χ1v) is 4.59. The van der Waals surface area contributed by atoms with E-state index >= 15 is 0 Å². The third kappa shape index (κ3) is 4.30. The fourth-order valence-corrected chi connectivity index (χ4v) is 1.39. The number of benzene rings is 1. The number of carboxylic acid groups (broad SMARTS) is 1. The van der Waals surface area contributed by atoms with Gasteiger partial charge in [0.05, 0.1) is 18.1 Å². The Bertz CT molecular complexity index is 401. The molecule has 86 valence electrons. The first kappa shape index (κ1) is 14.4. The van der Waals surface area contributed by atoms with Gasteiger partial charge in [0.25, 0.3) is 0 Å². The molecular formula is C11H13ClN2O2. The minimum Gasteiger partial charge on any atom is -0.481 e. The second-order valence-electron chi connectivity index (χ2n) is 3.33. The number of rotatable bonds is 4. The second kappa shape index (κ2) is 6.83. The van der Waals surface area contributed by atoms with Gasteiger partial charge < -0.3 is 10.8 Å². The monoisotopic (exact) mass is 240 g/mol. The van der Waals surface area contributed by atoms with Crippen LogP contribution in [-0.4, -0.2) is 17.1 Å². The van der Waals surface area contributed by atoms with Gasteiger partial charge in [-0.2, -0.15) is 5.26 Å². The van der Waals surface area contributed by atoms with Crippen molar-refractivity contribution in [1.29, 1.82) is 5.26 Å². The number of carbonyl (C=O) groups is 1. The SMILES string of the molecule is Cl.N#Cc1ccccc1CC(N)CC(=O)O. The topological polar surface area (TPSA) is 87.1 Å². The van der Waals surface area contributed by atoms with Crippen LogP contribution in [0.25, 0.3) is 0 Å². The highest BCUT2D eigenvalue weighted by Gasteiger charge is 2.10. The first-order chi connectivity index (χ1) is 7.13. The van der Waals surface area contributed by atoms with Crippen LogP contribution in [0.5, 0.6) is 0 Å². The molecule has 0 spiro atoms. The van der Waals surface area contributed by atoms with Crippen molar-refractivity contribution in [1.82, 2.24) is 0 Å². The Labute approximate surface area is 100 Å². The summed E-state index contributed by atoms with van der Waals surface area (Å²) in [7, 11) is 0. The van der Waals surface area contributed by atoms with Crippen molar-refractivity contribution >= 4 is 18.4 Å². The van der Waals surface area contributed by atoms with Gasteiger partial charge in [-0.15, -0.1) is 12.4 Å². The van der Waals surface area contributed by atoms with Gasteiger partial charge in [0.1, 0.15) is 0 Å². The van der Waals surface area contributed by atoms with Crippen LogP contribution < -0.4 is 5.73 Å². The lowest BCUT2D eigenvalue weighted by Crippen LogP contribution is -2.26. The van der Waals surface area contributed by atoms with Gasteiger partial charge in [-0.05, 0) is 18.1 Å². The van der Waals surface area contributed by atoms with Gasteiger partial charge in [0, 0.05) is 6.04 Å². The Balaban J connectivity index is 0.00000225. The molecular weight excluding hydrogens is 228 g/mol. The quantitative estimate of drug-likeness (QED) is 0.831. The van der Waals surface area contributed by atoms with E-state index < -0.39 is 12.0 Å². The summed E-state index contributed by atoms with van der Waals surface area (Å²) in [5.74, 6) is -0.920. The molecule has 0 saturated heterocycles. The number of nitrogens with two attached hydrogens (primary N) is 1. The van der Waals surface area contributed by atoms with E-state index in [1.165, 1.54) is 0 Å². The van der Waals surface area contributed by atoms with Crippen molar-refractivity contribution in [2.45, 2.75) is 18.9 Å². The molecule has 0 aliphatic heterocycles. The van der Waals surface area contributed by atoms with Crippen LogP contribution in [0.4, 0.5) is 0 Å². The summed E-state index contributed by atoms with van der Waals surface area (Å²) in [4.78, 5) is 10.4. The van der Waals surface area contributed by atoms with Gasteiger partial charge >= 0.3 is 5.97 Å².